The summed E-state index contributed by atoms with van der Waals surface area (Å²) in [4.78, 5) is 0. The molecule has 0 spiro atoms. The fourth-order valence-corrected chi connectivity index (χ4v) is 1.94. The Bertz CT molecular complexity index is 290. The Balaban J connectivity index is 2.02. The van der Waals surface area contributed by atoms with Crippen LogP contribution >= 0.6 is 0 Å². The molecular weight excluding hydrogens is 246 g/mol. The highest BCUT2D eigenvalue weighted by Gasteiger charge is 2.34. The van der Waals surface area contributed by atoms with Gasteiger partial charge in [-0.2, -0.15) is 5.26 Å². The molecule has 3 atom stereocenters. The lowest BCUT2D eigenvalue weighted by molar-refractivity contribution is -0.165. The van der Waals surface area contributed by atoms with E-state index in [0.717, 1.165) is 19.3 Å². The zero-order valence-corrected chi connectivity index (χ0v) is 11.3. The minimum atomic E-state index is -0.593. The van der Waals surface area contributed by atoms with Crippen LogP contribution in [0.3, 0.4) is 0 Å². The Morgan fingerprint density at radius 3 is 3.00 bits per heavy atom. The first-order valence-corrected chi connectivity index (χ1v) is 6.78. The first-order chi connectivity index (χ1) is 9.27. The summed E-state index contributed by atoms with van der Waals surface area (Å²) in [7, 11) is 0. The second-order valence-electron chi connectivity index (χ2n) is 4.60. The van der Waals surface area contributed by atoms with Crippen molar-refractivity contribution in [2.45, 2.75) is 50.6 Å². The van der Waals surface area contributed by atoms with Crippen LogP contribution in [0.15, 0.2) is 12.7 Å². The van der Waals surface area contributed by atoms with E-state index in [-0.39, 0.29) is 6.10 Å². The molecule has 3 unspecified atom stereocenters. The predicted octanol–water partition coefficient (Wildman–Crippen LogP) is 1.77. The number of nitrogens with zero attached hydrogens (tertiary/aromatic N) is 1. The number of nitriles is 1. The number of hydrogen-bond acceptors (Lipinski definition) is 5. The Hall–Kier alpha value is -0.930. The van der Waals surface area contributed by atoms with Gasteiger partial charge in [0.1, 0.15) is 6.10 Å². The van der Waals surface area contributed by atoms with Gasteiger partial charge in [-0.05, 0) is 12.8 Å². The van der Waals surface area contributed by atoms with Gasteiger partial charge in [-0.1, -0.05) is 12.5 Å². The summed E-state index contributed by atoms with van der Waals surface area (Å²) >= 11 is 0. The highest BCUT2D eigenvalue weighted by atomic mass is 16.7. The van der Waals surface area contributed by atoms with Crippen LogP contribution in [0.25, 0.3) is 0 Å². The van der Waals surface area contributed by atoms with Crippen molar-refractivity contribution >= 4 is 0 Å². The van der Waals surface area contributed by atoms with E-state index in [1.165, 1.54) is 0 Å². The van der Waals surface area contributed by atoms with Crippen molar-refractivity contribution in [1.29, 1.82) is 5.26 Å². The quantitative estimate of drug-likeness (QED) is 0.483. The molecule has 19 heavy (non-hydrogen) atoms. The van der Waals surface area contributed by atoms with E-state index in [1.807, 2.05) is 0 Å². The van der Waals surface area contributed by atoms with Crippen LogP contribution in [0.5, 0.6) is 0 Å². The van der Waals surface area contributed by atoms with Gasteiger partial charge in [-0.3, -0.25) is 0 Å². The van der Waals surface area contributed by atoms with Gasteiger partial charge in [0.2, 0.25) is 0 Å². The SMILES string of the molecule is C=CCOC1OC(COCCCCCC#N)CC1O. The topological polar surface area (TPSA) is 71.7 Å². The van der Waals surface area contributed by atoms with Crippen molar-refractivity contribution in [2.24, 2.45) is 0 Å². The molecule has 108 valence electrons. The molecule has 5 heteroatoms. The summed E-state index contributed by atoms with van der Waals surface area (Å²) in [6.07, 6.45) is 4.39. The molecule has 1 saturated heterocycles. The lowest BCUT2D eigenvalue weighted by Gasteiger charge is -2.14. The molecule has 0 bridgehead atoms. The lowest BCUT2D eigenvalue weighted by Crippen LogP contribution is -2.24. The van der Waals surface area contributed by atoms with E-state index < -0.39 is 12.4 Å². The maximum atomic E-state index is 9.72. The van der Waals surface area contributed by atoms with Gasteiger partial charge in [0.25, 0.3) is 0 Å². The van der Waals surface area contributed by atoms with E-state index in [2.05, 4.69) is 12.6 Å². The second-order valence-corrected chi connectivity index (χ2v) is 4.60. The van der Waals surface area contributed by atoms with E-state index >= 15 is 0 Å². The van der Waals surface area contributed by atoms with Crippen molar-refractivity contribution < 1.29 is 19.3 Å². The van der Waals surface area contributed by atoms with Crippen LogP contribution in [-0.2, 0) is 14.2 Å². The van der Waals surface area contributed by atoms with E-state index in [4.69, 9.17) is 19.5 Å². The van der Waals surface area contributed by atoms with Gasteiger partial charge < -0.3 is 19.3 Å². The number of unbranched alkanes of at least 4 members (excludes halogenated alkanes) is 3. The number of aliphatic hydroxyl groups excluding tert-OH is 1. The third-order valence-corrected chi connectivity index (χ3v) is 2.90. The second kappa shape index (κ2) is 9.93. The first-order valence-electron chi connectivity index (χ1n) is 6.78. The Morgan fingerprint density at radius 1 is 1.42 bits per heavy atom. The third kappa shape index (κ3) is 6.69. The van der Waals surface area contributed by atoms with E-state index in [0.29, 0.717) is 32.7 Å². The molecule has 1 rings (SSSR count). The Labute approximate surface area is 114 Å². The van der Waals surface area contributed by atoms with Crippen LogP contribution in [0.1, 0.15) is 32.1 Å². The molecule has 0 amide bonds. The smallest absolute Gasteiger partial charge is 0.184 e. The van der Waals surface area contributed by atoms with Gasteiger partial charge in [-0.15, -0.1) is 6.58 Å². The number of hydrogen-bond donors (Lipinski definition) is 1. The van der Waals surface area contributed by atoms with Crippen LogP contribution in [0.4, 0.5) is 0 Å². The molecule has 0 aromatic carbocycles. The molecule has 1 N–H and O–H groups in total. The molecular formula is C14H23NO4. The monoisotopic (exact) mass is 269 g/mol. The summed E-state index contributed by atoms with van der Waals surface area (Å²) in [5.74, 6) is 0. The molecule has 1 aliphatic rings. The first kappa shape index (κ1) is 16.1. The summed E-state index contributed by atoms with van der Waals surface area (Å²) < 4.78 is 16.3. The summed E-state index contributed by atoms with van der Waals surface area (Å²) in [5.41, 5.74) is 0. The normalized spacial score (nSPS) is 26.2. The number of ether oxygens (including phenoxy) is 3. The zero-order valence-electron chi connectivity index (χ0n) is 11.3. The number of rotatable bonds is 10. The lowest BCUT2D eigenvalue weighted by atomic mass is 10.2. The van der Waals surface area contributed by atoms with Crippen LogP contribution < -0.4 is 0 Å². The maximum absolute atomic E-state index is 9.72. The molecule has 0 radical (unpaired) electrons. The van der Waals surface area contributed by atoms with E-state index in [9.17, 15) is 5.11 Å². The fourth-order valence-electron chi connectivity index (χ4n) is 1.94. The van der Waals surface area contributed by atoms with Gasteiger partial charge in [0.05, 0.1) is 25.4 Å². The van der Waals surface area contributed by atoms with Crippen molar-refractivity contribution in [3.05, 3.63) is 12.7 Å². The van der Waals surface area contributed by atoms with Crippen molar-refractivity contribution in [3.63, 3.8) is 0 Å². The minimum absolute atomic E-state index is 0.107. The van der Waals surface area contributed by atoms with Crippen molar-refractivity contribution in [2.75, 3.05) is 19.8 Å². The molecule has 1 heterocycles. The molecule has 0 aromatic rings. The largest absolute Gasteiger partial charge is 0.388 e. The highest BCUT2D eigenvalue weighted by Crippen LogP contribution is 2.21. The molecule has 0 aliphatic carbocycles. The highest BCUT2D eigenvalue weighted by molar-refractivity contribution is 4.78. The third-order valence-electron chi connectivity index (χ3n) is 2.90. The average molecular weight is 269 g/mol. The zero-order chi connectivity index (χ0) is 13.9. The van der Waals surface area contributed by atoms with Crippen LogP contribution in [0.2, 0.25) is 0 Å². The Kier molecular flexibility index (Phi) is 8.43. The molecule has 1 aliphatic heterocycles. The van der Waals surface area contributed by atoms with Crippen LogP contribution in [-0.4, -0.2) is 43.4 Å². The minimum Gasteiger partial charge on any atom is -0.388 e. The summed E-state index contributed by atoms with van der Waals surface area (Å²) in [6.45, 7) is 5.06. The van der Waals surface area contributed by atoms with E-state index in [1.54, 1.807) is 6.08 Å². The van der Waals surface area contributed by atoms with Crippen molar-refractivity contribution in [3.8, 4) is 6.07 Å². The number of aliphatic hydroxyl groups is 1. The van der Waals surface area contributed by atoms with Crippen molar-refractivity contribution in [1.82, 2.24) is 0 Å². The standard InChI is InChI=1S/C14H23NO4/c1-2-8-18-14-13(16)10-12(19-14)11-17-9-6-4-3-5-7-15/h2,12-14,16H,1,3-6,8-11H2. The van der Waals surface area contributed by atoms with Gasteiger partial charge in [0, 0.05) is 19.4 Å². The molecule has 0 saturated carbocycles. The Morgan fingerprint density at radius 2 is 2.26 bits per heavy atom. The van der Waals surface area contributed by atoms with Gasteiger partial charge >= 0.3 is 0 Å². The van der Waals surface area contributed by atoms with Gasteiger partial charge in [-0.25, -0.2) is 0 Å². The maximum Gasteiger partial charge on any atom is 0.184 e. The average Bonchev–Trinajstić information content (AvgIpc) is 2.76. The van der Waals surface area contributed by atoms with Gasteiger partial charge in [0.15, 0.2) is 6.29 Å². The molecule has 1 fully saturated rings. The fraction of sp³-hybridized carbons (Fsp3) is 0.786. The molecule has 5 nitrogen and oxygen atoms in total. The molecule has 0 aromatic heterocycles. The summed E-state index contributed by atoms with van der Waals surface area (Å²) in [6, 6.07) is 2.12. The summed E-state index contributed by atoms with van der Waals surface area (Å²) in [5, 5.41) is 18.1. The predicted molar refractivity (Wildman–Crippen MR) is 70.3 cm³/mol. The van der Waals surface area contributed by atoms with Crippen LogP contribution in [0, 0.1) is 11.3 Å².